The lowest BCUT2D eigenvalue weighted by molar-refractivity contribution is -0.142. The number of thioether (sulfide) groups is 1. The number of hydrogen-bond donors (Lipinski definition) is 1. The molecule has 3 aromatic carbocycles. The first-order valence-corrected chi connectivity index (χ1v) is 17.1. The van der Waals surface area contributed by atoms with E-state index in [0.717, 1.165) is 0 Å². The Morgan fingerprint density at radius 3 is 2.11 bits per heavy atom. The monoisotopic (exact) mass is 669 g/mol. The number of amides is 3. The van der Waals surface area contributed by atoms with Gasteiger partial charge < -0.3 is 24.5 Å². The Labute approximate surface area is 283 Å². The zero-order chi connectivity index (χ0) is 32.9. The van der Waals surface area contributed by atoms with E-state index in [0.29, 0.717) is 40.9 Å². The van der Waals surface area contributed by atoms with Crippen LogP contribution in [0.2, 0.25) is 5.02 Å². The molecular formula is C37H36ClN3O5S. The maximum atomic E-state index is 15.1. The minimum atomic E-state index is -1.07. The smallest absolute Gasteiger partial charge is 0.251 e. The molecule has 1 N–H and O–H groups in total. The summed E-state index contributed by atoms with van der Waals surface area (Å²) in [4.78, 5) is 49.7. The number of hydrogen-bond acceptors (Lipinski definition) is 6. The molecule has 2 fully saturated rings. The van der Waals surface area contributed by atoms with Gasteiger partial charge in [0.1, 0.15) is 11.8 Å². The molecule has 1 spiro atoms. The fourth-order valence-electron chi connectivity index (χ4n) is 7.80. The summed E-state index contributed by atoms with van der Waals surface area (Å²) in [5, 5.41) is 11.4. The van der Waals surface area contributed by atoms with Crippen LogP contribution in [0.5, 0.6) is 5.75 Å². The van der Waals surface area contributed by atoms with Gasteiger partial charge >= 0.3 is 0 Å². The third-order valence-corrected chi connectivity index (χ3v) is 11.8. The van der Waals surface area contributed by atoms with E-state index in [1.807, 2.05) is 92.7 Å². The second-order valence-electron chi connectivity index (χ2n) is 12.5. The molecule has 0 bridgehead atoms. The second-order valence-corrected chi connectivity index (χ2v) is 14.7. The van der Waals surface area contributed by atoms with Gasteiger partial charge in [-0.3, -0.25) is 14.4 Å². The van der Waals surface area contributed by atoms with Gasteiger partial charge in [-0.05, 0) is 67.9 Å². The van der Waals surface area contributed by atoms with Crippen LogP contribution in [0, 0.1) is 11.8 Å². The number of halogens is 1. The van der Waals surface area contributed by atoms with Crippen LogP contribution in [0.4, 0.5) is 11.4 Å². The van der Waals surface area contributed by atoms with Crippen molar-refractivity contribution in [2.75, 3.05) is 36.1 Å². The summed E-state index contributed by atoms with van der Waals surface area (Å²) in [7, 11) is 0. The van der Waals surface area contributed by atoms with Crippen LogP contribution in [0.25, 0.3) is 0 Å². The molecule has 4 aliphatic rings. The topological polar surface area (TPSA) is 90.4 Å². The zero-order valence-corrected chi connectivity index (χ0v) is 27.7. The van der Waals surface area contributed by atoms with Crippen molar-refractivity contribution in [2.45, 2.75) is 35.4 Å². The third kappa shape index (κ3) is 5.07. The molecule has 3 amide bonds. The summed E-state index contributed by atoms with van der Waals surface area (Å²) in [6.07, 6.45) is 7.95. The van der Waals surface area contributed by atoms with Gasteiger partial charge in [0.15, 0.2) is 0 Å². The van der Waals surface area contributed by atoms with E-state index in [9.17, 15) is 14.7 Å². The number of aliphatic hydroxyl groups is 1. The molecule has 47 heavy (non-hydrogen) atoms. The zero-order valence-electron chi connectivity index (χ0n) is 26.2. The van der Waals surface area contributed by atoms with Crippen molar-refractivity contribution in [1.29, 1.82) is 0 Å². The number of likely N-dealkylation sites (tertiary alicyclic amines) is 1. The molecular weight excluding hydrogens is 634 g/mol. The van der Waals surface area contributed by atoms with Crippen molar-refractivity contribution in [3.8, 4) is 5.75 Å². The average molecular weight is 670 g/mol. The fourth-order valence-corrected chi connectivity index (χ4v) is 10.1. The Morgan fingerprint density at radius 2 is 1.47 bits per heavy atom. The maximum absolute atomic E-state index is 15.1. The van der Waals surface area contributed by atoms with E-state index in [1.165, 1.54) is 11.8 Å². The van der Waals surface area contributed by atoms with Crippen molar-refractivity contribution in [3.63, 3.8) is 0 Å². The Hall–Kier alpha value is -4.05. The molecule has 10 heteroatoms. The number of benzene rings is 3. The molecule has 0 radical (unpaired) electrons. The Bertz CT molecular complexity index is 1750. The van der Waals surface area contributed by atoms with E-state index in [4.69, 9.17) is 16.3 Å². The van der Waals surface area contributed by atoms with Gasteiger partial charge in [0, 0.05) is 34.2 Å². The highest BCUT2D eigenvalue weighted by Crippen LogP contribution is 2.66. The van der Waals surface area contributed by atoms with Gasteiger partial charge in [-0.2, -0.15) is 0 Å². The molecule has 4 aliphatic heterocycles. The lowest BCUT2D eigenvalue weighted by Gasteiger charge is -2.40. The minimum Gasteiger partial charge on any atom is -0.494 e. The van der Waals surface area contributed by atoms with Crippen LogP contribution in [0.1, 0.15) is 25.5 Å². The van der Waals surface area contributed by atoms with E-state index in [-0.39, 0.29) is 30.9 Å². The molecule has 0 aromatic heterocycles. The number of rotatable bonds is 7. The predicted molar refractivity (Wildman–Crippen MR) is 185 cm³/mol. The molecule has 8 nitrogen and oxygen atoms in total. The highest BCUT2D eigenvalue weighted by Gasteiger charge is 2.74. The van der Waals surface area contributed by atoms with E-state index in [1.54, 1.807) is 39.0 Å². The summed E-state index contributed by atoms with van der Waals surface area (Å²) in [6, 6.07) is 22.0. The van der Waals surface area contributed by atoms with Crippen LogP contribution in [-0.4, -0.2) is 69.6 Å². The minimum absolute atomic E-state index is 0.176. The van der Waals surface area contributed by atoms with Gasteiger partial charge in [-0.15, -0.1) is 11.8 Å². The largest absolute Gasteiger partial charge is 0.494 e. The highest BCUT2D eigenvalue weighted by molar-refractivity contribution is 8.02. The number of ether oxygens (including phenoxy) is 1. The van der Waals surface area contributed by atoms with E-state index in [2.05, 4.69) is 0 Å². The number of fused-ring (bicyclic) bond motifs is 2. The molecule has 0 saturated carbocycles. The number of carbonyl (C=O) groups is 3. The van der Waals surface area contributed by atoms with Crippen LogP contribution in [0.3, 0.4) is 0 Å². The van der Waals surface area contributed by atoms with Crippen molar-refractivity contribution < 1.29 is 24.2 Å². The van der Waals surface area contributed by atoms with Crippen molar-refractivity contribution in [1.82, 2.24) is 4.90 Å². The molecule has 7 rings (SSSR count). The maximum Gasteiger partial charge on any atom is 0.251 e. The van der Waals surface area contributed by atoms with Gasteiger partial charge in [-0.1, -0.05) is 66.2 Å². The molecule has 1 unspecified atom stereocenters. The van der Waals surface area contributed by atoms with Crippen molar-refractivity contribution >= 4 is 52.5 Å². The van der Waals surface area contributed by atoms with Crippen molar-refractivity contribution in [2.24, 2.45) is 11.8 Å². The van der Waals surface area contributed by atoms with Crippen LogP contribution >= 0.6 is 23.4 Å². The van der Waals surface area contributed by atoms with Crippen molar-refractivity contribution in [3.05, 3.63) is 114 Å². The third-order valence-electron chi connectivity index (χ3n) is 9.79. The quantitative estimate of drug-likeness (QED) is 0.327. The van der Waals surface area contributed by atoms with Gasteiger partial charge in [0.2, 0.25) is 11.8 Å². The van der Waals surface area contributed by atoms with Crippen LogP contribution in [0.15, 0.2) is 103 Å². The molecule has 3 aromatic rings. The first-order valence-electron chi connectivity index (χ1n) is 15.9. The number of carbonyl (C=O) groups excluding carboxylic acids is 3. The standard InChI is InChI=1S/C37H36ClN3O5S/c1-3-46-28-17-15-27(16-18-28)39-21-7-19-36(2)30(33(39)43)31-34(44)41(29(23-42)24-9-5-4-6-10-24)32-35(45)40(22-8-20-37(31,32)47-36)26-13-11-25(38)12-14-26/h4-20,29-32,42H,3,21-23H2,1-2H3/t29-,30+,31+,32?,36-,37+/m1/s1. The molecule has 6 atom stereocenters. The van der Waals surface area contributed by atoms with E-state index < -0.39 is 33.4 Å². The first kappa shape index (κ1) is 31.5. The molecule has 2 saturated heterocycles. The van der Waals surface area contributed by atoms with Crippen LogP contribution < -0.4 is 14.5 Å². The Kier molecular flexibility index (Phi) is 8.18. The molecule has 4 heterocycles. The average Bonchev–Trinajstić information content (AvgIpc) is 3.34. The SMILES string of the molecule is CCOc1ccc(N2CC=C[C@@]3(C)S[C@]45C=CCN(c6ccc(Cl)cc6)C(=O)C4N([C@H](CO)c4ccccc4)C(=O)[C@@H]5[C@H]3C2=O)cc1. The predicted octanol–water partition coefficient (Wildman–Crippen LogP) is 5.67. The number of anilines is 2. The second kappa shape index (κ2) is 12.2. The van der Waals surface area contributed by atoms with Gasteiger partial charge in [0.05, 0.1) is 35.8 Å². The normalized spacial score (nSPS) is 28.9. The fraction of sp³-hybridized carbons (Fsp3) is 0.324. The first-order chi connectivity index (χ1) is 22.7. The summed E-state index contributed by atoms with van der Waals surface area (Å²) in [6.45, 7) is 4.70. The van der Waals surface area contributed by atoms with Gasteiger partial charge in [0.25, 0.3) is 5.91 Å². The summed E-state index contributed by atoms with van der Waals surface area (Å²) < 4.78 is 3.78. The molecule has 0 aliphatic carbocycles. The lowest BCUT2D eigenvalue weighted by atomic mass is 9.74. The number of aliphatic hydroxyl groups excluding tert-OH is 1. The Balaban J connectivity index is 1.36. The summed E-state index contributed by atoms with van der Waals surface area (Å²) >= 11 is 7.71. The molecule has 242 valence electrons. The van der Waals surface area contributed by atoms with Gasteiger partial charge in [-0.25, -0.2) is 0 Å². The summed E-state index contributed by atoms with van der Waals surface area (Å²) in [5.41, 5.74) is 2.07. The van der Waals surface area contributed by atoms with Crippen LogP contribution in [-0.2, 0) is 14.4 Å². The number of nitrogens with zero attached hydrogens (tertiary/aromatic N) is 3. The van der Waals surface area contributed by atoms with E-state index >= 15 is 4.79 Å². The summed E-state index contributed by atoms with van der Waals surface area (Å²) in [5.74, 6) is -1.68. The Morgan fingerprint density at radius 1 is 0.851 bits per heavy atom. The highest BCUT2D eigenvalue weighted by atomic mass is 35.5. The lowest BCUT2D eigenvalue weighted by Crippen LogP contribution is -2.54.